The summed E-state index contributed by atoms with van der Waals surface area (Å²) in [6, 6.07) is 4.87. The fourth-order valence-corrected chi connectivity index (χ4v) is 3.46. The van der Waals surface area contributed by atoms with E-state index in [1.165, 1.54) is 20.6 Å². The molecule has 1 atom stereocenters. The lowest BCUT2D eigenvalue weighted by Gasteiger charge is -2.31. The van der Waals surface area contributed by atoms with E-state index in [0.29, 0.717) is 23.8 Å². The normalized spacial score (nSPS) is 20.9. The Bertz CT molecular complexity index is 687. The highest BCUT2D eigenvalue weighted by Crippen LogP contribution is 2.37. The molecule has 2 amide bonds. The number of anilines is 1. The van der Waals surface area contributed by atoms with E-state index in [1.807, 2.05) is 0 Å². The fraction of sp³-hybridized carbons (Fsp3) is 0.579. The number of hydrogen-bond donors (Lipinski definition) is 2. The molecule has 0 bridgehead atoms. The lowest BCUT2D eigenvalue weighted by molar-refractivity contribution is -0.186. The summed E-state index contributed by atoms with van der Waals surface area (Å²) in [4.78, 5) is 24.2. The van der Waals surface area contributed by atoms with Crippen molar-refractivity contribution in [2.24, 2.45) is 0 Å². The molecule has 1 aliphatic heterocycles. The Morgan fingerprint density at radius 2 is 1.85 bits per heavy atom. The molecule has 1 heterocycles. The largest absolute Gasteiger partial charge is 0.493 e. The maximum Gasteiger partial charge on any atom is 0.313 e. The molecular weight excluding hydrogens is 352 g/mol. The van der Waals surface area contributed by atoms with Crippen LogP contribution in [0.2, 0.25) is 0 Å². The highest BCUT2D eigenvalue weighted by atomic mass is 16.7. The molecule has 3 rings (SSSR count). The van der Waals surface area contributed by atoms with E-state index in [-0.39, 0.29) is 12.6 Å². The van der Waals surface area contributed by atoms with Crippen molar-refractivity contribution in [3.05, 3.63) is 18.2 Å². The van der Waals surface area contributed by atoms with Crippen LogP contribution in [0.3, 0.4) is 0 Å². The van der Waals surface area contributed by atoms with Crippen LogP contribution in [0.1, 0.15) is 32.1 Å². The predicted octanol–water partition coefficient (Wildman–Crippen LogP) is 1.83. The molecule has 148 valence electrons. The first-order valence-electron chi connectivity index (χ1n) is 9.18. The second kappa shape index (κ2) is 8.58. The van der Waals surface area contributed by atoms with E-state index >= 15 is 0 Å². The Hall–Kier alpha value is -2.32. The standard InChI is InChI=1S/C19H26N2O6/c1-24-15-7-6-13(10-16(15)25-2)21-18(23)17(22)20-11-14-12-26-19(27-14)8-4-3-5-9-19/h6-7,10,14H,3-5,8-9,11-12H2,1-2H3,(H,20,22)(H,21,23)/t14-/m1/s1. The minimum atomic E-state index is -0.756. The van der Waals surface area contributed by atoms with E-state index in [4.69, 9.17) is 18.9 Å². The van der Waals surface area contributed by atoms with Crippen molar-refractivity contribution in [1.29, 1.82) is 0 Å². The van der Waals surface area contributed by atoms with Gasteiger partial charge in [0.2, 0.25) is 0 Å². The first-order valence-corrected chi connectivity index (χ1v) is 9.18. The van der Waals surface area contributed by atoms with E-state index in [0.717, 1.165) is 25.7 Å². The third-order valence-corrected chi connectivity index (χ3v) is 4.87. The fourth-order valence-electron chi connectivity index (χ4n) is 3.46. The van der Waals surface area contributed by atoms with Gasteiger partial charge in [0, 0.05) is 31.1 Å². The van der Waals surface area contributed by atoms with Crippen LogP contribution in [-0.2, 0) is 19.1 Å². The van der Waals surface area contributed by atoms with E-state index in [2.05, 4.69) is 10.6 Å². The van der Waals surface area contributed by atoms with Gasteiger partial charge in [0.05, 0.1) is 20.8 Å². The molecule has 0 unspecified atom stereocenters. The molecule has 1 spiro atoms. The van der Waals surface area contributed by atoms with Crippen molar-refractivity contribution in [2.75, 3.05) is 32.7 Å². The van der Waals surface area contributed by atoms with Crippen molar-refractivity contribution in [1.82, 2.24) is 5.32 Å². The van der Waals surface area contributed by atoms with Gasteiger partial charge in [-0.05, 0) is 25.0 Å². The SMILES string of the molecule is COc1ccc(NC(=O)C(=O)NC[C@@H]2COC3(CCCCC3)O2)cc1OC. The summed E-state index contributed by atoms with van der Waals surface area (Å²) in [6.07, 6.45) is 4.92. The number of carbonyl (C=O) groups excluding carboxylic acids is 2. The van der Waals surface area contributed by atoms with Gasteiger partial charge in [0.25, 0.3) is 0 Å². The zero-order valence-electron chi connectivity index (χ0n) is 15.7. The number of amides is 2. The topological polar surface area (TPSA) is 95.1 Å². The number of carbonyl (C=O) groups is 2. The minimum Gasteiger partial charge on any atom is -0.493 e. The molecule has 1 saturated heterocycles. The molecular formula is C19H26N2O6. The Kier molecular flexibility index (Phi) is 6.18. The summed E-state index contributed by atoms with van der Waals surface area (Å²) in [6.45, 7) is 0.664. The van der Waals surface area contributed by atoms with Crippen LogP contribution in [0.4, 0.5) is 5.69 Å². The molecule has 0 radical (unpaired) electrons. The van der Waals surface area contributed by atoms with Crippen molar-refractivity contribution in [3.63, 3.8) is 0 Å². The van der Waals surface area contributed by atoms with Crippen molar-refractivity contribution in [3.8, 4) is 11.5 Å². The number of methoxy groups -OCH3 is 2. The molecule has 1 aromatic carbocycles. The van der Waals surface area contributed by atoms with Crippen LogP contribution in [0.15, 0.2) is 18.2 Å². The van der Waals surface area contributed by atoms with E-state index in [9.17, 15) is 9.59 Å². The maximum atomic E-state index is 12.1. The second-order valence-electron chi connectivity index (χ2n) is 6.76. The lowest BCUT2D eigenvalue weighted by atomic mass is 9.94. The number of benzene rings is 1. The zero-order valence-corrected chi connectivity index (χ0v) is 15.7. The zero-order chi connectivity index (χ0) is 19.3. The molecule has 2 fully saturated rings. The van der Waals surface area contributed by atoms with Gasteiger partial charge in [-0.25, -0.2) is 0 Å². The predicted molar refractivity (Wildman–Crippen MR) is 97.8 cm³/mol. The summed E-state index contributed by atoms with van der Waals surface area (Å²) in [5.41, 5.74) is 0.439. The third kappa shape index (κ3) is 4.70. The smallest absolute Gasteiger partial charge is 0.313 e. The monoisotopic (exact) mass is 378 g/mol. The molecule has 0 aromatic heterocycles. The summed E-state index contributed by atoms with van der Waals surface area (Å²) in [5, 5.41) is 5.15. The molecule has 1 saturated carbocycles. The number of nitrogens with one attached hydrogen (secondary N) is 2. The molecule has 27 heavy (non-hydrogen) atoms. The number of ether oxygens (including phenoxy) is 4. The maximum absolute atomic E-state index is 12.1. The van der Waals surface area contributed by atoms with Crippen LogP contribution in [0.5, 0.6) is 11.5 Å². The Labute approximate surface area is 158 Å². The Balaban J connectivity index is 1.48. The van der Waals surface area contributed by atoms with Crippen LogP contribution in [0, 0.1) is 0 Å². The first kappa shape index (κ1) is 19.4. The van der Waals surface area contributed by atoms with Gasteiger partial charge in [0.1, 0.15) is 6.10 Å². The summed E-state index contributed by atoms with van der Waals surface area (Å²) >= 11 is 0. The molecule has 2 aliphatic rings. The average Bonchev–Trinajstić information content (AvgIpc) is 3.08. The van der Waals surface area contributed by atoms with Gasteiger partial charge in [-0.1, -0.05) is 6.42 Å². The second-order valence-corrected chi connectivity index (χ2v) is 6.76. The quantitative estimate of drug-likeness (QED) is 0.759. The van der Waals surface area contributed by atoms with Gasteiger partial charge in [-0.3, -0.25) is 9.59 Å². The molecule has 2 N–H and O–H groups in total. The first-order chi connectivity index (χ1) is 13.0. The van der Waals surface area contributed by atoms with E-state index in [1.54, 1.807) is 18.2 Å². The van der Waals surface area contributed by atoms with Gasteiger partial charge in [-0.15, -0.1) is 0 Å². The Morgan fingerprint density at radius 1 is 1.11 bits per heavy atom. The highest BCUT2D eigenvalue weighted by Gasteiger charge is 2.42. The highest BCUT2D eigenvalue weighted by molar-refractivity contribution is 6.39. The summed E-state index contributed by atoms with van der Waals surface area (Å²) < 4.78 is 22.2. The van der Waals surface area contributed by atoms with Crippen LogP contribution >= 0.6 is 0 Å². The molecule has 8 nitrogen and oxygen atoms in total. The molecule has 1 aromatic rings. The minimum absolute atomic E-state index is 0.235. The van der Waals surface area contributed by atoms with Crippen LogP contribution < -0.4 is 20.1 Å². The van der Waals surface area contributed by atoms with Crippen LogP contribution in [-0.4, -0.2) is 51.1 Å². The van der Waals surface area contributed by atoms with Crippen molar-refractivity contribution in [2.45, 2.75) is 44.0 Å². The Morgan fingerprint density at radius 3 is 2.56 bits per heavy atom. The van der Waals surface area contributed by atoms with Gasteiger partial charge in [0.15, 0.2) is 17.3 Å². The van der Waals surface area contributed by atoms with Crippen LogP contribution in [0.25, 0.3) is 0 Å². The van der Waals surface area contributed by atoms with Gasteiger partial charge in [-0.2, -0.15) is 0 Å². The number of hydrogen-bond acceptors (Lipinski definition) is 6. The summed E-state index contributed by atoms with van der Waals surface area (Å²) in [5.74, 6) is -0.971. The van der Waals surface area contributed by atoms with Crippen molar-refractivity contribution < 1.29 is 28.5 Å². The van der Waals surface area contributed by atoms with Crippen molar-refractivity contribution >= 4 is 17.5 Å². The average molecular weight is 378 g/mol. The van der Waals surface area contributed by atoms with Gasteiger partial charge < -0.3 is 29.6 Å². The van der Waals surface area contributed by atoms with E-state index < -0.39 is 17.6 Å². The lowest BCUT2D eigenvalue weighted by Crippen LogP contribution is -2.41. The number of rotatable bonds is 5. The third-order valence-electron chi connectivity index (χ3n) is 4.87. The van der Waals surface area contributed by atoms with Gasteiger partial charge >= 0.3 is 11.8 Å². The molecule has 1 aliphatic carbocycles. The summed E-state index contributed by atoms with van der Waals surface area (Å²) in [7, 11) is 3.02. The molecule has 8 heteroatoms.